The Hall–Kier alpha value is -2.21. The van der Waals surface area contributed by atoms with Crippen LogP contribution in [-0.2, 0) is 33.9 Å². The highest BCUT2D eigenvalue weighted by atomic mass is 127. The summed E-state index contributed by atoms with van der Waals surface area (Å²) in [5.74, 6) is -10.9. The first-order valence-corrected chi connectivity index (χ1v) is 16.7. The van der Waals surface area contributed by atoms with E-state index in [0.29, 0.717) is 5.75 Å². The fourth-order valence-corrected chi connectivity index (χ4v) is 7.98. The molecule has 1 aromatic carbocycles. The molecule has 6 atom stereocenters. The molecule has 2 bridgehead atoms. The van der Waals surface area contributed by atoms with Gasteiger partial charge in [0.1, 0.15) is 23.6 Å². The van der Waals surface area contributed by atoms with E-state index in [-0.39, 0.29) is 23.5 Å². The normalized spacial score (nSPS) is 29.2. The second kappa shape index (κ2) is 11.5. The largest absolute Gasteiger partial charge is 0.743 e. The number of rotatable bonds is 11. The van der Waals surface area contributed by atoms with Gasteiger partial charge in [0.25, 0.3) is 0 Å². The van der Waals surface area contributed by atoms with Crippen molar-refractivity contribution < 1.29 is 63.9 Å². The highest BCUT2D eigenvalue weighted by Gasteiger charge is 2.70. The summed E-state index contributed by atoms with van der Waals surface area (Å²) in [6.45, 7) is 2.81. The molecule has 1 heterocycles. The van der Waals surface area contributed by atoms with Gasteiger partial charge in [-0.05, 0) is 78.8 Å². The van der Waals surface area contributed by atoms with Crippen LogP contribution in [-0.4, -0.2) is 66.5 Å². The van der Waals surface area contributed by atoms with Gasteiger partial charge in [0.2, 0.25) is 0 Å². The predicted octanol–water partition coefficient (Wildman–Crippen LogP) is 4.68. The van der Waals surface area contributed by atoms with Gasteiger partial charge >= 0.3 is 29.1 Å². The summed E-state index contributed by atoms with van der Waals surface area (Å²) in [6, 6.07) is 4.83. The van der Waals surface area contributed by atoms with Crippen molar-refractivity contribution in [1.82, 2.24) is 0 Å². The van der Waals surface area contributed by atoms with Crippen molar-refractivity contribution in [2.75, 3.05) is 6.61 Å². The molecule has 44 heavy (non-hydrogen) atoms. The van der Waals surface area contributed by atoms with Gasteiger partial charge in [0, 0.05) is 11.8 Å². The average molecular weight is 762 g/mol. The Morgan fingerprint density at radius 3 is 2.43 bits per heavy atom. The van der Waals surface area contributed by atoms with Crippen LogP contribution in [0.15, 0.2) is 18.2 Å². The first kappa shape index (κ1) is 33.2. The van der Waals surface area contributed by atoms with E-state index in [1.807, 2.05) is 0 Å². The van der Waals surface area contributed by atoms with E-state index >= 15 is 0 Å². The standard InChI is InChI=1S/C28H31F4IO10S/c1-13(2)26(7-3-4-8-26)43-18-11-14(5-6-17(18)33)23(34)41-21-15-12-16-20(25(36)42-22(16)21)19(15)24(35)40-10-9-27(29,30)28(31,32)44(37,38)39/h5-6,11,13,15-16,19-22H,3-4,7-10,12H2,1-2H3,(H,37,38,39)/p-1. The third-order valence-corrected chi connectivity index (χ3v) is 11.3. The lowest BCUT2D eigenvalue weighted by Gasteiger charge is -2.35. The lowest BCUT2D eigenvalue weighted by molar-refractivity contribution is -0.178. The van der Waals surface area contributed by atoms with Gasteiger partial charge in [-0.1, -0.05) is 13.8 Å². The molecule has 16 heteroatoms. The number of carbonyl (C=O) groups is 3. The Kier molecular flexibility index (Phi) is 8.70. The molecule has 0 amide bonds. The van der Waals surface area contributed by atoms with Gasteiger partial charge in [-0.2, -0.15) is 17.6 Å². The minimum absolute atomic E-state index is 0.163. The van der Waals surface area contributed by atoms with Crippen molar-refractivity contribution in [2.24, 2.45) is 29.6 Å². The monoisotopic (exact) mass is 761 g/mol. The third kappa shape index (κ3) is 5.56. The Bertz CT molecular complexity index is 1450. The molecular formula is C28H30F4IO10S-. The van der Waals surface area contributed by atoms with Gasteiger partial charge < -0.3 is 23.5 Å². The zero-order valence-electron chi connectivity index (χ0n) is 23.6. The van der Waals surface area contributed by atoms with E-state index < -0.39 is 88.1 Å². The van der Waals surface area contributed by atoms with Crippen LogP contribution in [0, 0.1) is 33.2 Å². The number of fused-ring (bicyclic) bond motifs is 1. The number of carbonyl (C=O) groups excluding carboxylic acids is 3. The van der Waals surface area contributed by atoms with Gasteiger partial charge in [0.15, 0.2) is 10.1 Å². The highest BCUT2D eigenvalue weighted by molar-refractivity contribution is 14.1. The van der Waals surface area contributed by atoms with Crippen LogP contribution in [0.25, 0.3) is 0 Å². The van der Waals surface area contributed by atoms with Crippen LogP contribution in [0.5, 0.6) is 5.75 Å². The molecule has 6 unspecified atom stereocenters. The number of halogens is 5. The molecule has 0 aromatic heterocycles. The fraction of sp³-hybridized carbons (Fsp3) is 0.679. The molecule has 10 nitrogen and oxygen atoms in total. The maximum absolute atomic E-state index is 13.8. The molecule has 3 aliphatic carbocycles. The molecule has 3 saturated carbocycles. The Morgan fingerprint density at radius 1 is 1.16 bits per heavy atom. The number of ether oxygens (including phenoxy) is 4. The van der Waals surface area contributed by atoms with Gasteiger partial charge in [0.05, 0.1) is 34.0 Å². The minimum atomic E-state index is -6.70. The molecule has 0 spiro atoms. The van der Waals surface area contributed by atoms with Crippen LogP contribution < -0.4 is 4.74 Å². The smallest absolute Gasteiger partial charge is 0.396 e. The van der Waals surface area contributed by atoms with E-state index in [0.717, 1.165) is 29.3 Å². The van der Waals surface area contributed by atoms with Crippen molar-refractivity contribution in [3.63, 3.8) is 0 Å². The maximum Gasteiger partial charge on any atom is 0.396 e. The molecule has 5 rings (SSSR count). The predicted molar refractivity (Wildman–Crippen MR) is 149 cm³/mol. The van der Waals surface area contributed by atoms with Gasteiger partial charge in [-0.15, -0.1) is 0 Å². The van der Waals surface area contributed by atoms with E-state index in [1.54, 1.807) is 18.2 Å². The van der Waals surface area contributed by atoms with E-state index in [1.165, 1.54) is 0 Å². The Morgan fingerprint density at radius 2 is 1.82 bits per heavy atom. The van der Waals surface area contributed by atoms with Crippen molar-refractivity contribution in [3.05, 3.63) is 27.3 Å². The zero-order valence-corrected chi connectivity index (χ0v) is 26.6. The van der Waals surface area contributed by atoms with E-state index in [2.05, 4.69) is 36.4 Å². The fourth-order valence-electron chi connectivity index (χ4n) is 7.06. The third-order valence-electron chi connectivity index (χ3n) is 9.44. The van der Waals surface area contributed by atoms with Crippen molar-refractivity contribution in [3.8, 4) is 5.75 Å². The summed E-state index contributed by atoms with van der Waals surface area (Å²) in [5, 5.41) is -5.92. The second-order valence-electron chi connectivity index (χ2n) is 12.2. The van der Waals surface area contributed by atoms with Gasteiger partial charge in [-0.25, -0.2) is 13.2 Å². The minimum Gasteiger partial charge on any atom is -0.743 e. The second-order valence-corrected chi connectivity index (χ2v) is 14.7. The summed E-state index contributed by atoms with van der Waals surface area (Å²) in [5.41, 5.74) is -0.201. The molecule has 1 aromatic rings. The summed E-state index contributed by atoms with van der Waals surface area (Å²) in [6.07, 6.45) is 0.181. The van der Waals surface area contributed by atoms with Gasteiger partial charge in [-0.3, -0.25) is 9.59 Å². The molecule has 0 N–H and O–H groups in total. The number of hydrogen-bond acceptors (Lipinski definition) is 10. The van der Waals surface area contributed by atoms with Crippen LogP contribution in [0.1, 0.15) is 62.7 Å². The Balaban J connectivity index is 1.28. The van der Waals surface area contributed by atoms with Crippen molar-refractivity contribution in [1.29, 1.82) is 0 Å². The number of benzene rings is 1. The van der Waals surface area contributed by atoms with E-state index in [4.69, 9.17) is 18.9 Å². The number of hydrogen-bond donors (Lipinski definition) is 0. The van der Waals surface area contributed by atoms with Crippen LogP contribution >= 0.6 is 22.6 Å². The lowest BCUT2D eigenvalue weighted by Crippen LogP contribution is -2.48. The quantitative estimate of drug-likeness (QED) is 0.103. The van der Waals surface area contributed by atoms with Crippen molar-refractivity contribution >= 4 is 50.6 Å². The summed E-state index contributed by atoms with van der Waals surface area (Å²) < 4.78 is 110. The van der Waals surface area contributed by atoms with Crippen LogP contribution in [0.3, 0.4) is 0 Å². The summed E-state index contributed by atoms with van der Waals surface area (Å²) in [4.78, 5) is 38.9. The molecule has 244 valence electrons. The molecule has 1 aliphatic heterocycles. The molecule has 1 saturated heterocycles. The maximum atomic E-state index is 13.8. The molecular weight excluding hydrogens is 731 g/mol. The highest BCUT2D eigenvalue weighted by Crippen LogP contribution is 2.59. The molecule has 4 fully saturated rings. The first-order chi connectivity index (χ1) is 20.4. The topological polar surface area (TPSA) is 145 Å². The van der Waals surface area contributed by atoms with Crippen LogP contribution in [0.2, 0.25) is 0 Å². The number of esters is 3. The zero-order chi connectivity index (χ0) is 32.4. The number of alkyl halides is 4. The average Bonchev–Trinajstić information content (AvgIpc) is 3.68. The van der Waals surface area contributed by atoms with Crippen LogP contribution in [0.4, 0.5) is 17.6 Å². The SMILES string of the molecule is CC(C)C1(Oc2cc(C(=O)OC3C4CC5C3OC(=O)C5C4C(=O)OCCC(F)(F)C(F)(F)S(=O)(=O)[O-])ccc2I)CCCC1. The lowest BCUT2D eigenvalue weighted by atomic mass is 9.78. The Labute approximate surface area is 264 Å². The van der Waals surface area contributed by atoms with E-state index in [9.17, 15) is 44.9 Å². The van der Waals surface area contributed by atoms with Crippen molar-refractivity contribution in [2.45, 2.75) is 81.4 Å². The molecule has 0 radical (unpaired) electrons. The first-order valence-electron chi connectivity index (χ1n) is 14.2. The summed E-state index contributed by atoms with van der Waals surface area (Å²) >= 11 is 2.11. The summed E-state index contributed by atoms with van der Waals surface area (Å²) in [7, 11) is -6.70. The molecule has 4 aliphatic rings.